The van der Waals surface area contributed by atoms with Crippen molar-refractivity contribution in [2.75, 3.05) is 6.61 Å². The van der Waals surface area contributed by atoms with Gasteiger partial charge in [-0.2, -0.15) is 0 Å². The van der Waals surface area contributed by atoms with Gasteiger partial charge < -0.3 is 14.0 Å². The number of hydrogen-bond acceptors (Lipinski definition) is 3. The van der Waals surface area contributed by atoms with Crippen molar-refractivity contribution < 1.29 is 14.0 Å². The van der Waals surface area contributed by atoms with Gasteiger partial charge in [-0.1, -0.05) is 34.3 Å². The van der Waals surface area contributed by atoms with E-state index in [0.717, 1.165) is 25.7 Å². The van der Waals surface area contributed by atoms with Crippen LogP contribution in [0.5, 0.6) is 0 Å². The van der Waals surface area contributed by atoms with E-state index >= 15 is 0 Å². The van der Waals surface area contributed by atoms with Gasteiger partial charge in [-0.05, 0) is 32.6 Å². The van der Waals surface area contributed by atoms with Gasteiger partial charge in [-0.25, -0.2) is 0 Å². The van der Waals surface area contributed by atoms with Crippen LogP contribution in [0.15, 0.2) is 12.2 Å². The first-order valence-electron chi connectivity index (χ1n) is 7.21. The number of ether oxygens (including phenoxy) is 1. The third-order valence-corrected chi connectivity index (χ3v) is 4.37. The highest BCUT2D eigenvalue weighted by atomic mass is 16.7. The summed E-state index contributed by atoms with van der Waals surface area (Å²) in [5.74, 6) is 0. The normalized spacial score (nSPS) is 21.1. The molecule has 0 bridgehead atoms. The molecule has 3 nitrogen and oxygen atoms in total. The molecule has 0 aromatic carbocycles. The van der Waals surface area contributed by atoms with E-state index in [1.807, 2.05) is 6.92 Å². The highest BCUT2D eigenvalue weighted by Crippen LogP contribution is 2.47. The molecule has 4 heteroatoms. The number of rotatable bonds is 7. The predicted octanol–water partition coefficient (Wildman–Crippen LogP) is 3.73. The fourth-order valence-electron chi connectivity index (χ4n) is 3.16. The van der Waals surface area contributed by atoms with Crippen molar-refractivity contribution in [2.45, 2.75) is 71.5 Å². The Balaban J connectivity index is 2.99. The van der Waals surface area contributed by atoms with Crippen LogP contribution in [0.25, 0.3) is 0 Å². The summed E-state index contributed by atoms with van der Waals surface area (Å²) in [5.41, 5.74) is 0.148. The summed E-state index contributed by atoms with van der Waals surface area (Å²) in [6, 6.07) is 0. The fourth-order valence-corrected chi connectivity index (χ4v) is 3.16. The molecule has 1 aliphatic heterocycles. The molecule has 0 unspecified atom stereocenters. The van der Waals surface area contributed by atoms with Crippen LogP contribution >= 0.6 is 0 Å². The van der Waals surface area contributed by atoms with E-state index in [2.05, 4.69) is 34.3 Å². The van der Waals surface area contributed by atoms with E-state index in [9.17, 15) is 0 Å². The first-order valence-corrected chi connectivity index (χ1v) is 7.21. The van der Waals surface area contributed by atoms with Crippen LogP contribution < -0.4 is 0 Å². The lowest BCUT2D eigenvalue weighted by molar-refractivity contribution is -0.0601. The van der Waals surface area contributed by atoms with Gasteiger partial charge in [0.05, 0.1) is 17.8 Å². The minimum Gasteiger partial charge on any atom is -0.502 e. The van der Waals surface area contributed by atoms with Gasteiger partial charge in [-0.15, -0.1) is 0 Å². The molecular weight excluding hydrogens is 227 g/mol. The molecule has 1 heterocycles. The molecule has 1 aliphatic rings. The van der Waals surface area contributed by atoms with Crippen LogP contribution in [0.4, 0.5) is 0 Å². The van der Waals surface area contributed by atoms with Crippen molar-refractivity contribution in [2.24, 2.45) is 0 Å². The molecule has 0 radical (unpaired) electrons. The maximum absolute atomic E-state index is 6.21. The molecule has 0 aromatic rings. The van der Waals surface area contributed by atoms with Crippen LogP contribution in [0, 0.1) is 0 Å². The lowest BCUT2D eigenvalue weighted by Gasteiger charge is -2.42. The first-order chi connectivity index (χ1) is 8.54. The maximum Gasteiger partial charge on any atom is 0.531 e. The second-order valence-electron chi connectivity index (χ2n) is 4.87. The molecule has 0 amide bonds. The Morgan fingerprint density at radius 3 is 1.61 bits per heavy atom. The van der Waals surface area contributed by atoms with Crippen LogP contribution in [0.3, 0.4) is 0 Å². The zero-order valence-electron chi connectivity index (χ0n) is 12.5. The Bertz CT molecular complexity index is 263. The minimum absolute atomic E-state index is 0.221. The van der Waals surface area contributed by atoms with Gasteiger partial charge in [0.25, 0.3) is 0 Å². The smallest absolute Gasteiger partial charge is 0.502 e. The summed E-state index contributed by atoms with van der Waals surface area (Å²) in [5, 5.41) is 0. The molecule has 0 saturated carbocycles. The van der Waals surface area contributed by atoms with Crippen LogP contribution in [0.1, 0.15) is 60.3 Å². The lowest BCUT2D eigenvalue weighted by atomic mass is 9.75. The van der Waals surface area contributed by atoms with Crippen LogP contribution in [-0.4, -0.2) is 24.9 Å². The van der Waals surface area contributed by atoms with Crippen molar-refractivity contribution in [3.05, 3.63) is 12.2 Å². The van der Waals surface area contributed by atoms with Gasteiger partial charge in [0, 0.05) is 0 Å². The van der Waals surface area contributed by atoms with Crippen molar-refractivity contribution in [3.8, 4) is 0 Å². The summed E-state index contributed by atoms with van der Waals surface area (Å²) < 4.78 is 17.9. The van der Waals surface area contributed by atoms with Gasteiger partial charge in [0.1, 0.15) is 5.66 Å². The Labute approximate surface area is 112 Å². The first kappa shape index (κ1) is 15.6. The Kier molecular flexibility index (Phi) is 5.29. The zero-order valence-corrected chi connectivity index (χ0v) is 12.5. The Hall–Kier alpha value is -0.475. The van der Waals surface area contributed by atoms with Crippen molar-refractivity contribution in [1.82, 2.24) is 0 Å². The summed E-state index contributed by atoms with van der Waals surface area (Å²) in [4.78, 5) is 0. The van der Waals surface area contributed by atoms with E-state index in [4.69, 9.17) is 14.0 Å². The molecule has 18 heavy (non-hydrogen) atoms. The van der Waals surface area contributed by atoms with Crippen LogP contribution in [-0.2, 0) is 14.0 Å². The third-order valence-electron chi connectivity index (χ3n) is 4.37. The van der Waals surface area contributed by atoms with E-state index in [1.54, 1.807) is 0 Å². The van der Waals surface area contributed by atoms with Gasteiger partial charge >= 0.3 is 7.12 Å². The topological polar surface area (TPSA) is 27.7 Å². The summed E-state index contributed by atoms with van der Waals surface area (Å²) in [6.07, 6.45) is 3.78. The number of hydrogen-bond donors (Lipinski definition) is 0. The SMILES string of the molecule is C=C(OCC)B1OC(CC)(CC)C(CC)(CC)O1. The summed E-state index contributed by atoms with van der Waals surface area (Å²) in [6.45, 7) is 15.1. The molecule has 0 aliphatic carbocycles. The molecule has 104 valence electrons. The van der Waals surface area contributed by atoms with Crippen LogP contribution in [0.2, 0.25) is 0 Å². The average Bonchev–Trinajstić information content (AvgIpc) is 2.74. The molecule has 1 rings (SSSR count). The largest absolute Gasteiger partial charge is 0.531 e. The second-order valence-corrected chi connectivity index (χ2v) is 4.87. The van der Waals surface area contributed by atoms with E-state index in [-0.39, 0.29) is 11.2 Å². The highest BCUT2D eigenvalue weighted by Gasteiger charge is 2.59. The molecular formula is C14H27BO3. The van der Waals surface area contributed by atoms with E-state index in [0.29, 0.717) is 12.3 Å². The van der Waals surface area contributed by atoms with E-state index < -0.39 is 7.12 Å². The molecule has 0 N–H and O–H groups in total. The molecule has 1 fully saturated rings. The summed E-state index contributed by atoms with van der Waals surface area (Å²) >= 11 is 0. The van der Waals surface area contributed by atoms with Crippen molar-refractivity contribution in [1.29, 1.82) is 0 Å². The minimum atomic E-state index is -0.426. The maximum atomic E-state index is 6.21. The standard InChI is InChI=1S/C14H27BO3/c1-7-13(8-2)14(9-3,10-4)18-15(17-13)12(6)16-11-5/h6-11H2,1-5H3. The molecule has 0 atom stereocenters. The van der Waals surface area contributed by atoms with Crippen molar-refractivity contribution in [3.63, 3.8) is 0 Å². The zero-order chi connectivity index (χ0) is 13.8. The lowest BCUT2D eigenvalue weighted by Crippen LogP contribution is -2.50. The van der Waals surface area contributed by atoms with Gasteiger partial charge in [0.2, 0.25) is 0 Å². The Morgan fingerprint density at radius 1 is 0.944 bits per heavy atom. The van der Waals surface area contributed by atoms with E-state index in [1.165, 1.54) is 0 Å². The average molecular weight is 254 g/mol. The Morgan fingerprint density at radius 2 is 1.33 bits per heavy atom. The predicted molar refractivity (Wildman–Crippen MR) is 75.3 cm³/mol. The van der Waals surface area contributed by atoms with Gasteiger partial charge in [-0.3, -0.25) is 0 Å². The molecule has 1 saturated heterocycles. The van der Waals surface area contributed by atoms with Crippen molar-refractivity contribution >= 4 is 7.12 Å². The fraction of sp³-hybridized carbons (Fsp3) is 0.857. The summed E-state index contributed by atoms with van der Waals surface area (Å²) in [7, 11) is -0.426. The monoisotopic (exact) mass is 254 g/mol. The second kappa shape index (κ2) is 6.11. The third kappa shape index (κ3) is 2.33. The quantitative estimate of drug-likeness (QED) is 0.511. The van der Waals surface area contributed by atoms with Gasteiger partial charge in [0.15, 0.2) is 0 Å². The highest BCUT2D eigenvalue weighted by molar-refractivity contribution is 6.53. The molecule has 0 spiro atoms. The molecule has 0 aromatic heterocycles.